The first-order valence-corrected chi connectivity index (χ1v) is 7.40. The predicted octanol–water partition coefficient (Wildman–Crippen LogP) is 0.434. The molecule has 1 aromatic carbocycles. The molecule has 136 valence electrons. The van der Waals surface area contributed by atoms with Crippen LogP contribution in [0, 0.1) is 0 Å². The minimum Gasteiger partial charge on any atom is -0.481 e. The molecular weight excluding hydrogens is 332 g/mol. The highest BCUT2D eigenvalue weighted by molar-refractivity contribution is 5.91. The summed E-state index contributed by atoms with van der Waals surface area (Å²) >= 11 is 0. The van der Waals surface area contributed by atoms with Crippen LogP contribution in [0.4, 0.5) is 4.79 Å². The van der Waals surface area contributed by atoms with Crippen molar-refractivity contribution in [2.45, 2.75) is 32.0 Å². The Hall–Kier alpha value is -3.10. The Morgan fingerprint density at radius 3 is 2.32 bits per heavy atom. The van der Waals surface area contributed by atoms with Gasteiger partial charge in [0, 0.05) is 0 Å². The molecule has 2 atom stereocenters. The van der Waals surface area contributed by atoms with Crippen molar-refractivity contribution < 1.29 is 33.8 Å². The third-order valence-electron chi connectivity index (χ3n) is 3.11. The zero-order valence-electron chi connectivity index (χ0n) is 13.9. The Labute approximate surface area is 144 Å². The Kier molecular flexibility index (Phi) is 7.91. The highest BCUT2D eigenvalue weighted by Gasteiger charge is 2.27. The van der Waals surface area contributed by atoms with Crippen LogP contribution in [0.25, 0.3) is 0 Å². The van der Waals surface area contributed by atoms with E-state index >= 15 is 0 Å². The van der Waals surface area contributed by atoms with Crippen LogP contribution in [0.3, 0.4) is 0 Å². The first-order valence-electron chi connectivity index (χ1n) is 7.40. The SMILES string of the molecule is COC(=O)[C@@H](C)NC(=O)[C@H](CC(=O)O)NC(=O)OCc1ccccc1. The van der Waals surface area contributed by atoms with E-state index in [1.54, 1.807) is 30.3 Å². The van der Waals surface area contributed by atoms with Gasteiger partial charge in [-0.05, 0) is 12.5 Å². The van der Waals surface area contributed by atoms with Gasteiger partial charge in [-0.1, -0.05) is 30.3 Å². The fourth-order valence-electron chi connectivity index (χ4n) is 1.84. The Morgan fingerprint density at radius 1 is 1.12 bits per heavy atom. The molecule has 9 nitrogen and oxygen atoms in total. The van der Waals surface area contributed by atoms with Crippen molar-refractivity contribution in [1.82, 2.24) is 10.6 Å². The molecular formula is C16H20N2O7. The third kappa shape index (κ3) is 7.34. The quantitative estimate of drug-likeness (QED) is 0.578. The fourth-order valence-corrected chi connectivity index (χ4v) is 1.84. The first-order chi connectivity index (χ1) is 11.8. The second-order valence-corrected chi connectivity index (χ2v) is 5.11. The number of amides is 2. The number of nitrogens with one attached hydrogen (secondary N) is 2. The summed E-state index contributed by atoms with van der Waals surface area (Å²) in [4.78, 5) is 46.1. The average molecular weight is 352 g/mol. The molecule has 9 heteroatoms. The third-order valence-corrected chi connectivity index (χ3v) is 3.11. The lowest BCUT2D eigenvalue weighted by Crippen LogP contribution is -2.51. The molecule has 0 heterocycles. The van der Waals surface area contributed by atoms with Crippen molar-refractivity contribution >= 4 is 23.9 Å². The van der Waals surface area contributed by atoms with Gasteiger partial charge in [-0.3, -0.25) is 9.59 Å². The number of carboxylic acid groups (broad SMARTS) is 1. The lowest BCUT2D eigenvalue weighted by Gasteiger charge is -2.19. The summed E-state index contributed by atoms with van der Waals surface area (Å²) in [6.07, 6.45) is -1.61. The van der Waals surface area contributed by atoms with Crippen molar-refractivity contribution in [1.29, 1.82) is 0 Å². The number of carbonyl (C=O) groups is 4. The molecule has 0 aliphatic carbocycles. The van der Waals surface area contributed by atoms with E-state index in [1.807, 2.05) is 0 Å². The van der Waals surface area contributed by atoms with Gasteiger partial charge in [0.25, 0.3) is 0 Å². The van der Waals surface area contributed by atoms with Gasteiger partial charge in [0.1, 0.15) is 18.7 Å². The molecule has 0 bridgehead atoms. The molecule has 25 heavy (non-hydrogen) atoms. The normalized spacial score (nSPS) is 12.4. The summed E-state index contributed by atoms with van der Waals surface area (Å²) in [5, 5.41) is 13.3. The standard InChI is InChI=1S/C16H20N2O7/c1-10(15(22)24-2)17-14(21)12(8-13(19)20)18-16(23)25-9-11-6-4-3-5-7-11/h3-7,10,12H,8-9H2,1-2H3,(H,17,21)(H,18,23)(H,19,20)/t10-,12+/m1/s1. The van der Waals surface area contributed by atoms with E-state index < -0.39 is 42.4 Å². The molecule has 1 rings (SSSR count). The van der Waals surface area contributed by atoms with E-state index in [2.05, 4.69) is 15.4 Å². The number of rotatable bonds is 8. The predicted molar refractivity (Wildman–Crippen MR) is 85.4 cm³/mol. The topological polar surface area (TPSA) is 131 Å². The number of alkyl carbamates (subject to hydrolysis) is 1. The molecule has 0 aliphatic rings. The molecule has 0 saturated carbocycles. The maximum absolute atomic E-state index is 12.1. The summed E-state index contributed by atoms with van der Waals surface area (Å²) in [5.41, 5.74) is 0.733. The van der Waals surface area contributed by atoms with E-state index in [0.29, 0.717) is 0 Å². The van der Waals surface area contributed by atoms with Crippen molar-refractivity contribution in [2.75, 3.05) is 7.11 Å². The Bertz CT molecular complexity index is 618. The van der Waals surface area contributed by atoms with Crippen LogP contribution >= 0.6 is 0 Å². The molecule has 0 spiro atoms. The van der Waals surface area contributed by atoms with Crippen molar-refractivity contribution in [3.8, 4) is 0 Å². The molecule has 0 aliphatic heterocycles. The Balaban J connectivity index is 2.61. The second-order valence-electron chi connectivity index (χ2n) is 5.11. The van der Waals surface area contributed by atoms with Gasteiger partial charge in [0.05, 0.1) is 13.5 Å². The zero-order chi connectivity index (χ0) is 18.8. The molecule has 0 aromatic heterocycles. The van der Waals surface area contributed by atoms with Crippen LogP contribution in [-0.4, -0.2) is 48.2 Å². The summed E-state index contributed by atoms with van der Waals surface area (Å²) in [7, 11) is 1.15. The van der Waals surface area contributed by atoms with Gasteiger partial charge >= 0.3 is 18.0 Å². The number of benzene rings is 1. The second kappa shape index (κ2) is 9.91. The van der Waals surface area contributed by atoms with Gasteiger partial charge in [0.15, 0.2) is 0 Å². The number of carboxylic acids is 1. The van der Waals surface area contributed by atoms with Crippen LogP contribution in [0.2, 0.25) is 0 Å². The lowest BCUT2D eigenvalue weighted by molar-refractivity contribution is -0.145. The monoisotopic (exact) mass is 352 g/mol. The van der Waals surface area contributed by atoms with E-state index in [1.165, 1.54) is 6.92 Å². The molecule has 0 fully saturated rings. The van der Waals surface area contributed by atoms with E-state index in [-0.39, 0.29) is 6.61 Å². The van der Waals surface area contributed by atoms with E-state index in [9.17, 15) is 19.2 Å². The van der Waals surface area contributed by atoms with Gasteiger partial charge in [-0.15, -0.1) is 0 Å². The van der Waals surface area contributed by atoms with Crippen LogP contribution in [0.1, 0.15) is 18.9 Å². The smallest absolute Gasteiger partial charge is 0.408 e. The van der Waals surface area contributed by atoms with Gasteiger partial charge in [0.2, 0.25) is 5.91 Å². The van der Waals surface area contributed by atoms with Crippen LogP contribution in [0.15, 0.2) is 30.3 Å². The summed E-state index contributed by atoms with van der Waals surface area (Å²) in [6, 6.07) is 6.44. The van der Waals surface area contributed by atoms with Crippen LogP contribution in [0.5, 0.6) is 0 Å². The highest BCUT2D eigenvalue weighted by atomic mass is 16.5. The summed E-state index contributed by atoms with van der Waals surface area (Å²) in [6.45, 7) is 1.34. The molecule has 1 aromatic rings. The van der Waals surface area contributed by atoms with E-state index in [0.717, 1.165) is 12.7 Å². The number of aliphatic carboxylic acids is 1. The summed E-state index contributed by atoms with van der Waals surface area (Å²) < 4.78 is 9.41. The van der Waals surface area contributed by atoms with Gasteiger partial charge in [-0.2, -0.15) is 0 Å². The minimum absolute atomic E-state index is 0.0351. The zero-order valence-corrected chi connectivity index (χ0v) is 13.9. The lowest BCUT2D eigenvalue weighted by atomic mass is 10.2. The minimum atomic E-state index is -1.40. The highest BCUT2D eigenvalue weighted by Crippen LogP contribution is 2.02. The number of hydrogen-bond donors (Lipinski definition) is 3. The van der Waals surface area contributed by atoms with Crippen molar-refractivity contribution in [3.63, 3.8) is 0 Å². The molecule has 0 saturated heterocycles. The fraction of sp³-hybridized carbons (Fsp3) is 0.375. The number of esters is 1. The largest absolute Gasteiger partial charge is 0.481 e. The molecule has 0 radical (unpaired) electrons. The van der Waals surface area contributed by atoms with Crippen LogP contribution < -0.4 is 10.6 Å². The van der Waals surface area contributed by atoms with Crippen LogP contribution in [-0.2, 0) is 30.5 Å². The molecule has 0 unspecified atom stereocenters. The number of methoxy groups -OCH3 is 1. The molecule has 3 N–H and O–H groups in total. The summed E-state index contributed by atoms with van der Waals surface area (Å²) in [5.74, 6) is -2.83. The maximum Gasteiger partial charge on any atom is 0.408 e. The number of hydrogen-bond acceptors (Lipinski definition) is 6. The maximum atomic E-state index is 12.1. The molecule has 2 amide bonds. The van der Waals surface area contributed by atoms with Gasteiger partial charge < -0.3 is 25.2 Å². The van der Waals surface area contributed by atoms with Gasteiger partial charge in [-0.25, -0.2) is 9.59 Å². The van der Waals surface area contributed by atoms with E-state index in [4.69, 9.17) is 9.84 Å². The number of carbonyl (C=O) groups excluding carboxylic acids is 3. The first kappa shape index (κ1) is 19.9. The Morgan fingerprint density at radius 2 is 1.76 bits per heavy atom. The average Bonchev–Trinajstić information content (AvgIpc) is 2.59. The van der Waals surface area contributed by atoms with Crippen molar-refractivity contribution in [3.05, 3.63) is 35.9 Å². The van der Waals surface area contributed by atoms with Crippen molar-refractivity contribution in [2.24, 2.45) is 0 Å². The number of ether oxygens (including phenoxy) is 2.